The minimum absolute atomic E-state index is 0.0573. The number of anilines is 1. The quantitative estimate of drug-likeness (QED) is 0.435. The number of ether oxygens (including phenoxy) is 1. The van der Waals surface area contributed by atoms with Crippen LogP contribution in [0, 0.1) is 6.92 Å². The molecule has 0 saturated heterocycles. The lowest BCUT2D eigenvalue weighted by Gasteiger charge is -2.12. The zero-order chi connectivity index (χ0) is 20.6. The fourth-order valence-electron chi connectivity index (χ4n) is 2.79. The number of hydrogen-bond donors (Lipinski definition) is 2. The molecule has 29 heavy (non-hydrogen) atoms. The van der Waals surface area contributed by atoms with Crippen LogP contribution < -0.4 is 15.6 Å². The highest BCUT2D eigenvalue weighted by molar-refractivity contribution is 7.98. The van der Waals surface area contributed by atoms with Gasteiger partial charge in [0.05, 0.1) is 18.7 Å². The van der Waals surface area contributed by atoms with Gasteiger partial charge in [0.15, 0.2) is 5.16 Å². The third kappa shape index (κ3) is 5.71. The van der Waals surface area contributed by atoms with Crippen molar-refractivity contribution in [1.82, 2.24) is 9.97 Å². The van der Waals surface area contributed by atoms with E-state index in [1.807, 2.05) is 49.4 Å². The Morgan fingerprint density at radius 3 is 2.59 bits per heavy atom. The number of amides is 1. The van der Waals surface area contributed by atoms with Gasteiger partial charge in [-0.15, -0.1) is 0 Å². The molecule has 0 unspecified atom stereocenters. The predicted molar refractivity (Wildman–Crippen MR) is 116 cm³/mol. The Morgan fingerprint density at radius 2 is 1.86 bits per heavy atom. The van der Waals surface area contributed by atoms with Gasteiger partial charge in [-0.25, -0.2) is 4.98 Å². The predicted octanol–water partition coefficient (Wildman–Crippen LogP) is 3.95. The number of nitrogens with one attached hydrogen (secondary N) is 2. The van der Waals surface area contributed by atoms with Crippen molar-refractivity contribution in [2.75, 3.05) is 11.9 Å². The number of benzene rings is 2. The Labute approximate surface area is 173 Å². The van der Waals surface area contributed by atoms with Crippen LogP contribution in [0.2, 0.25) is 0 Å². The van der Waals surface area contributed by atoms with Crippen molar-refractivity contribution in [3.63, 3.8) is 0 Å². The average Bonchev–Trinajstić information content (AvgIpc) is 2.71. The van der Waals surface area contributed by atoms with Crippen LogP contribution in [0.25, 0.3) is 0 Å². The van der Waals surface area contributed by atoms with E-state index >= 15 is 0 Å². The zero-order valence-corrected chi connectivity index (χ0v) is 17.2. The van der Waals surface area contributed by atoms with Gasteiger partial charge in [-0.1, -0.05) is 54.2 Å². The topological polar surface area (TPSA) is 84.1 Å². The maximum Gasteiger partial charge on any atom is 0.255 e. The Kier molecular flexibility index (Phi) is 7.08. The fraction of sp³-hybridized carbons (Fsp3) is 0.227. The van der Waals surface area contributed by atoms with E-state index in [0.717, 1.165) is 5.56 Å². The molecule has 0 aliphatic carbocycles. The van der Waals surface area contributed by atoms with Crippen molar-refractivity contribution < 1.29 is 9.53 Å². The first-order valence-electron chi connectivity index (χ1n) is 9.35. The molecule has 0 fully saturated rings. The van der Waals surface area contributed by atoms with Crippen molar-refractivity contribution in [3.05, 3.63) is 81.8 Å². The lowest BCUT2D eigenvalue weighted by Crippen LogP contribution is -2.24. The van der Waals surface area contributed by atoms with Crippen molar-refractivity contribution in [3.8, 4) is 5.75 Å². The molecule has 1 heterocycles. The molecule has 0 spiro atoms. The number of carbonyl (C=O) groups is 1. The highest BCUT2D eigenvalue weighted by atomic mass is 32.2. The number of aryl methyl sites for hydroxylation is 1. The lowest BCUT2D eigenvalue weighted by molar-refractivity contribution is -0.115. The Bertz CT molecular complexity index is 1030. The summed E-state index contributed by atoms with van der Waals surface area (Å²) in [5.74, 6) is 1.01. The number of carbonyl (C=O) groups excluding carboxylic acids is 1. The average molecular weight is 410 g/mol. The van der Waals surface area contributed by atoms with E-state index in [0.29, 0.717) is 40.2 Å². The minimum Gasteiger partial charge on any atom is -0.492 e. The normalized spacial score (nSPS) is 10.6. The van der Waals surface area contributed by atoms with Crippen molar-refractivity contribution in [2.45, 2.75) is 31.2 Å². The zero-order valence-electron chi connectivity index (χ0n) is 16.4. The summed E-state index contributed by atoms with van der Waals surface area (Å²) < 4.78 is 5.52. The molecule has 3 rings (SSSR count). The second kappa shape index (κ2) is 9.93. The third-order valence-corrected chi connectivity index (χ3v) is 5.16. The molecule has 0 bridgehead atoms. The summed E-state index contributed by atoms with van der Waals surface area (Å²) in [5.41, 5.74) is 2.35. The van der Waals surface area contributed by atoms with Gasteiger partial charge >= 0.3 is 0 Å². The molecule has 1 amide bonds. The standard InChI is InChI=1S/C22H23N3O3S/c1-3-28-19-12-8-7-11-18(19)24-20(26)13-17-15(2)23-22(25-21(17)27)29-14-16-9-5-4-6-10-16/h4-12H,3,13-14H2,1-2H3,(H,24,26)(H,23,25,27). The smallest absolute Gasteiger partial charge is 0.255 e. The largest absolute Gasteiger partial charge is 0.492 e. The van der Waals surface area contributed by atoms with E-state index in [1.165, 1.54) is 11.8 Å². The summed E-state index contributed by atoms with van der Waals surface area (Å²) >= 11 is 1.46. The SMILES string of the molecule is CCOc1ccccc1NC(=O)Cc1c(C)nc(SCc2ccccc2)[nH]c1=O. The molecular weight excluding hydrogens is 386 g/mol. The molecule has 2 N–H and O–H groups in total. The van der Waals surface area contributed by atoms with Gasteiger partial charge in [0.2, 0.25) is 5.91 Å². The van der Waals surface area contributed by atoms with E-state index in [9.17, 15) is 9.59 Å². The van der Waals surface area contributed by atoms with Crippen LogP contribution >= 0.6 is 11.8 Å². The monoisotopic (exact) mass is 409 g/mol. The molecule has 1 aromatic heterocycles. The highest BCUT2D eigenvalue weighted by Gasteiger charge is 2.14. The first-order valence-corrected chi connectivity index (χ1v) is 10.3. The van der Waals surface area contributed by atoms with Crippen molar-refractivity contribution >= 4 is 23.4 Å². The number of aromatic amines is 1. The van der Waals surface area contributed by atoms with Crippen LogP contribution in [0.15, 0.2) is 64.5 Å². The van der Waals surface area contributed by atoms with Crippen LogP contribution in [0.1, 0.15) is 23.7 Å². The van der Waals surface area contributed by atoms with Gasteiger partial charge < -0.3 is 15.0 Å². The van der Waals surface area contributed by atoms with E-state index in [1.54, 1.807) is 19.1 Å². The van der Waals surface area contributed by atoms with Crippen LogP contribution in [-0.2, 0) is 17.0 Å². The first kappa shape index (κ1) is 20.7. The summed E-state index contributed by atoms with van der Waals surface area (Å²) in [6, 6.07) is 17.2. The van der Waals surface area contributed by atoms with Gasteiger partial charge in [-0.2, -0.15) is 0 Å². The third-order valence-electron chi connectivity index (χ3n) is 4.22. The van der Waals surface area contributed by atoms with Gasteiger partial charge in [-0.05, 0) is 31.5 Å². The summed E-state index contributed by atoms with van der Waals surface area (Å²) in [5, 5.41) is 3.35. The number of nitrogens with zero attached hydrogens (tertiary/aromatic N) is 1. The number of aromatic nitrogens is 2. The lowest BCUT2D eigenvalue weighted by atomic mass is 10.1. The Balaban J connectivity index is 1.68. The van der Waals surface area contributed by atoms with E-state index in [-0.39, 0.29) is 17.9 Å². The van der Waals surface area contributed by atoms with E-state index in [2.05, 4.69) is 15.3 Å². The second-order valence-electron chi connectivity index (χ2n) is 6.36. The van der Waals surface area contributed by atoms with E-state index < -0.39 is 0 Å². The van der Waals surface area contributed by atoms with Gasteiger partial charge in [-0.3, -0.25) is 9.59 Å². The van der Waals surface area contributed by atoms with Crippen LogP contribution in [-0.4, -0.2) is 22.5 Å². The molecule has 0 aliphatic heterocycles. The van der Waals surface area contributed by atoms with E-state index in [4.69, 9.17) is 4.74 Å². The fourth-order valence-corrected chi connectivity index (χ4v) is 3.66. The van der Waals surface area contributed by atoms with Crippen LogP contribution in [0.3, 0.4) is 0 Å². The number of hydrogen-bond acceptors (Lipinski definition) is 5. The summed E-state index contributed by atoms with van der Waals surface area (Å²) in [7, 11) is 0. The van der Waals surface area contributed by atoms with Gasteiger partial charge in [0, 0.05) is 17.0 Å². The Hall–Kier alpha value is -3.06. The molecule has 2 aromatic carbocycles. The molecule has 0 saturated carbocycles. The highest BCUT2D eigenvalue weighted by Crippen LogP contribution is 2.24. The minimum atomic E-state index is -0.294. The number of thioether (sulfide) groups is 1. The van der Waals surface area contributed by atoms with Crippen LogP contribution in [0.5, 0.6) is 5.75 Å². The number of rotatable bonds is 8. The summed E-state index contributed by atoms with van der Waals surface area (Å²) in [4.78, 5) is 32.2. The maximum atomic E-state index is 12.5. The molecule has 150 valence electrons. The number of para-hydroxylation sites is 2. The summed E-state index contributed by atoms with van der Waals surface area (Å²) in [6.07, 6.45) is -0.0573. The molecule has 0 aliphatic rings. The first-order chi connectivity index (χ1) is 14.1. The molecule has 6 nitrogen and oxygen atoms in total. The molecule has 0 radical (unpaired) electrons. The van der Waals surface area contributed by atoms with Crippen molar-refractivity contribution in [1.29, 1.82) is 0 Å². The molecule has 3 aromatic rings. The van der Waals surface area contributed by atoms with Gasteiger partial charge in [0.25, 0.3) is 5.56 Å². The van der Waals surface area contributed by atoms with Crippen LogP contribution in [0.4, 0.5) is 5.69 Å². The molecule has 0 atom stereocenters. The van der Waals surface area contributed by atoms with Crippen molar-refractivity contribution in [2.24, 2.45) is 0 Å². The number of H-pyrrole nitrogens is 1. The molecule has 7 heteroatoms. The second-order valence-corrected chi connectivity index (χ2v) is 7.33. The van der Waals surface area contributed by atoms with Gasteiger partial charge in [0.1, 0.15) is 5.75 Å². The Morgan fingerprint density at radius 1 is 1.14 bits per heavy atom. The summed E-state index contributed by atoms with van der Waals surface area (Å²) in [6.45, 7) is 4.13. The molecular formula is C22H23N3O3S. The maximum absolute atomic E-state index is 12.5.